The molecule has 0 saturated carbocycles. The summed E-state index contributed by atoms with van der Waals surface area (Å²) in [6.45, 7) is 7.58. The van der Waals surface area contributed by atoms with E-state index in [4.69, 9.17) is 4.98 Å². The predicted molar refractivity (Wildman–Crippen MR) is 83.6 cm³/mol. The molecule has 1 unspecified atom stereocenters. The molecular formula is C16H22N2S. The molecule has 0 amide bonds. The zero-order valence-corrected chi connectivity index (χ0v) is 12.8. The van der Waals surface area contributed by atoms with Gasteiger partial charge in [0.2, 0.25) is 0 Å². The first-order valence-electron chi connectivity index (χ1n) is 7.02. The van der Waals surface area contributed by atoms with Gasteiger partial charge < -0.3 is 5.32 Å². The molecule has 2 rings (SSSR count). The molecule has 0 saturated heterocycles. The third kappa shape index (κ3) is 3.64. The Balaban J connectivity index is 2.11. The van der Waals surface area contributed by atoms with E-state index in [0.29, 0.717) is 6.04 Å². The van der Waals surface area contributed by atoms with Crippen molar-refractivity contribution >= 4 is 11.3 Å². The highest BCUT2D eigenvalue weighted by Crippen LogP contribution is 2.26. The molecule has 0 aliphatic heterocycles. The molecule has 0 fully saturated rings. The third-order valence-corrected chi connectivity index (χ3v) is 4.18. The molecule has 0 bridgehead atoms. The van der Waals surface area contributed by atoms with Crippen LogP contribution in [0.1, 0.15) is 44.5 Å². The van der Waals surface area contributed by atoms with E-state index in [1.54, 1.807) is 11.3 Å². The number of hydrogen-bond donors (Lipinski definition) is 1. The van der Waals surface area contributed by atoms with Crippen LogP contribution < -0.4 is 5.32 Å². The molecule has 2 aromatic rings. The maximum Gasteiger partial charge on any atom is 0.123 e. The average Bonchev–Trinajstić information content (AvgIpc) is 2.94. The standard InChI is InChI=1S/C16H22N2S/c1-4-10-17-12(3)15-11-19-16(18-15)14-8-6-13(5-2)7-9-14/h6-9,11-12,17H,4-5,10H2,1-3H3. The molecule has 0 spiro atoms. The number of aryl methyl sites for hydroxylation is 1. The molecule has 19 heavy (non-hydrogen) atoms. The lowest BCUT2D eigenvalue weighted by Crippen LogP contribution is -2.19. The Morgan fingerprint density at radius 3 is 2.58 bits per heavy atom. The fourth-order valence-electron chi connectivity index (χ4n) is 1.97. The van der Waals surface area contributed by atoms with Crippen LogP contribution in [0.25, 0.3) is 10.6 Å². The van der Waals surface area contributed by atoms with Crippen LogP contribution in [0.4, 0.5) is 0 Å². The van der Waals surface area contributed by atoms with Crippen LogP contribution >= 0.6 is 11.3 Å². The average molecular weight is 274 g/mol. The zero-order chi connectivity index (χ0) is 13.7. The predicted octanol–water partition coefficient (Wildman–Crippen LogP) is 4.43. The monoisotopic (exact) mass is 274 g/mol. The lowest BCUT2D eigenvalue weighted by molar-refractivity contribution is 0.561. The normalized spacial score (nSPS) is 12.6. The molecule has 1 heterocycles. The fraction of sp³-hybridized carbons (Fsp3) is 0.438. The number of nitrogens with one attached hydrogen (secondary N) is 1. The number of benzene rings is 1. The first-order chi connectivity index (χ1) is 9.24. The van der Waals surface area contributed by atoms with Crippen molar-refractivity contribution in [2.75, 3.05) is 6.54 Å². The van der Waals surface area contributed by atoms with Crippen molar-refractivity contribution < 1.29 is 0 Å². The van der Waals surface area contributed by atoms with E-state index in [-0.39, 0.29) is 0 Å². The van der Waals surface area contributed by atoms with Gasteiger partial charge in [0.25, 0.3) is 0 Å². The van der Waals surface area contributed by atoms with Gasteiger partial charge in [0.05, 0.1) is 5.69 Å². The number of rotatable bonds is 6. The quantitative estimate of drug-likeness (QED) is 0.842. The van der Waals surface area contributed by atoms with Crippen LogP contribution in [0, 0.1) is 0 Å². The van der Waals surface area contributed by atoms with Crippen molar-refractivity contribution in [1.29, 1.82) is 0 Å². The molecule has 1 aromatic carbocycles. The summed E-state index contributed by atoms with van der Waals surface area (Å²) in [5.74, 6) is 0. The summed E-state index contributed by atoms with van der Waals surface area (Å²) >= 11 is 1.73. The summed E-state index contributed by atoms with van der Waals surface area (Å²) in [7, 11) is 0. The Hall–Kier alpha value is -1.19. The van der Waals surface area contributed by atoms with Gasteiger partial charge in [-0.3, -0.25) is 0 Å². The second kappa shape index (κ2) is 6.83. The van der Waals surface area contributed by atoms with E-state index in [9.17, 15) is 0 Å². The lowest BCUT2D eigenvalue weighted by Gasteiger charge is -2.09. The number of aromatic nitrogens is 1. The van der Waals surface area contributed by atoms with E-state index < -0.39 is 0 Å². The van der Waals surface area contributed by atoms with Crippen molar-refractivity contribution in [3.8, 4) is 10.6 Å². The Morgan fingerprint density at radius 2 is 1.95 bits per heavy atom. The Morgan fingerprint density at radius 1 is 1.21 bits per heavy atom. The smallest absolute Gasteiger partial charge is 0.123 e. The summed E-state index contributed by atoms with van der Waals surface area (Å²) in [4.78, 5) is 4.74. The highest BCUT2D eigenvalue weighted by molar-refractivity contribution is 7.13. The van der Waals surface area contributed by atoms with Gasteiger partial charge in [0.15, 0.2) is 0 Å². The van der Waals surface area contributed by atoms with Gasteiger partial charge in [-0.15, -0.1) is 11.3 Å². The number of thiazole rings is 1. The van der Waals surface area contributed by atoms with Crippen molar-refractivity contribution in [1.82, 2.24) is 10.3 Å². The maximum atomic E-state index is 4.74. The van der Waals surface area contributed by atoms with Crippen LogP contribution in [0.5, 0.6) is 0 Å². The van der Waals surface area contributed by atoms with Gasteiger partial charge in [-0.05, 0) is 31.9 Å². The van der Waals surface area contributed by atoms with E-state index in [0.717, 1.165) is 30.1 Å². The van der Waals surface area contributed by atoms with Gasteiger partial charge in [-0.25, -0.2) is 4.98 Å². The molecule has 2 nitrogen and oxygen atoms in total. The van der Waals surface area contributed by atoms with Crippen LogP contribution in [0.2, 0.25) is 0 Å². The molecule has 1 N–H and O–H groups in total. The van der Waals surface area contributed by atoms with E-state index >= 15 is 0 Å². The van der Waals surface area contributed by atoms with Gasteiger partial charge in [-0.2, -0.15) is 0 Å². The molecule has 1 atom stereocenters. The third-order valence-electron chi connectivity index (χ3n) is 3.28. The summed E-state index contributed by atoms with van der Waals surface area (Å²) in [6, 6.07) is 9.06. The van der Waals surface area contributed by atoms with Crippen molar-refractivity contribution in [3.63, 3.8) is 0 Å². The van der Waals surface area contributed by atoms with E-state index in [1.807, 2.05) is 0 Å². The van der Waals surface area contributed by atoms with Gasteiger partial charge >= 0.3 is 0 Å². The molecule has 102 valence electrons. The maximum absolute atomic E-state index is 4.74. The molecule has 0 aliphatic carbocycles. The van der Waals surface area contributed by atoms with Gasteiger partial charge in [0, 0.05) is 17.0 Å². The largest absolute Gasteiger partial charge is 0.309 e. The minimum atomic E-state index is 0.333. The number of hydrogen-bond acceptors (Lipinski definition) is 3. The zero-order valence-electron chi connectivity index (χ0n) is 11.9. The Kier molecular flexibility index (Phi) is 5.11. The molecule has 0 radical (unpaired) electrons. The van der Waals surface area contributed by atoms with Crippen LogP contribution in [0.3, 0.4) is 0 Å². The highest BCUT2D eigenvalue weighted by atomic mass is 32.1. The minimum Gasteiger partial charge on any atom is -0.309 e. The highest BCUT2D eigenvalue weighted by Gasteiger charge is 2.10. The molecule has 3 heteroatoms. The summed E-state index contributed by atoms with van der Waals surface area (Å²) < 4.78 is 0. The van der Waals surface area contributed by atoms with Gasteiger partial charge in [-0.1, -0.05) is 38.1 Å². The van der Waals surface area contributed by atoms with Crippen molar-refractivity contribution in [2.24, 2.45) is 0 Å². The Labute approximate surface area is 119 Å². The summed E-state index contributed by atoms with van der Waals surface area (Å²) in [5, 5.41) is 6.75. The minimum absolute atomic E-state index is 0.333. The topological polar surface area (TPSA) is 24.9 Å². The van der Waals surface area contributed by atoms with Gasteiger partial charge in [0.1, 0.15) is 5.01 Å². The van der Waals surface area contributed by atoms with Crippen molar-refractivity contribution in [2.45, 2.75) is 39.7 Å². The summed E-state index contributed by atoms with van der Waals surface area (Å²) in [6.07, 6.45) is 2.24. The SMILES string of the molecule is CCCNC(C)c1csc(-c2ccc(CC)cc2)n1. The van der Waals surface area contributed by atoms with Crippen LogP contribution in [0.15, 0.2) is 29.6 Å². The van der Waals surface area contributed by atoms with Crippen LogP contribution in [-0.4, -0.2) is 11.5 Å². The second-order valence-corrected chi connectivity index (χ2v) is 5.66. The van der Waals surface area contributed by atoms with Crippen molar-refractivity contribution in [3.05, 3.63) is 40.9 Å². The van der Waals surface area contributed by atoms with E-state index in [2.05, 4.69) is 55.7 Å². The lowest BCUT2D eigenvalue weighted by atomic mass is 10.1. The first-order valence-corrected chi connectivity index (χ1v) is 7.90. The Bertz CT molecular complexity index is 502. The molecule has 1 aromatic heterocycles. The number of nitrogens with zero attached hydrogens (tertiary/aromatic N) is 1. The summed E-state index contributed by atoms with van der Waals surface area (Å²) in [5.41, 5.74) is 3.74. The van der Waals surface area contributed by atoms with Crippen LogP contribution in [-0.2, 0) is 6.42 Å². The first kappa shape index (κ1) is 14.2. The molecule has 0 aliphatic rings. The second-order valence-electron chi connectivity index (χ2n) is 4.80. The fourth-order valence-corrected chi connectivity index (χ4v) is 2.89. The van der Waals surface area contributed by atoms with E-state index in [1.165, 1.54) is 11.1 Å². The molecular weight excluding hydrogens is 252 g/mol.